The number of hydrogen-bond acceptors (Lipinski definition) is 4. The van der Waals surface area contributed by atoms with E-state index in [1.165, 1.54) is 6.07 Å². The molecule has 1 aromatic heterocycles. The highest BCUT2D eigenvalue weighted by Crippen LogP contribution is 2.26. The number of ether oxygens (including phenoxy) is 1. The zero-order chi connectivity index (χ0) is 15.2. The van der Waals surface area contributed by atoms with Gasteiger partial charge in [0.05, 0.1) is 11.8 Å². The van der Waals surface area contributed by atoms with Crippen LogP contribution in [0.1, 0.15) is 32.9 Å². The molecule has 1 heterocycles. The van der Waals surface area contributed by atoms with Crippen molar-refractivity contribution in [3.8, 4) is 5.75 Å². The second-order valence-electron chi connectivity index (χ2n) is 5.12. The Morgan fingerprint density at radius 2 is 2.10 bits per heavy atom. The van der Waals surface area contributed by atoms with Crippen molar-refractivity contribution >= 4 is 11.6 Å². The molecule has 0 saturated heterocycles. The third kappa shape index (κ3) is 4.34. The van der Waals surface area contributed by atoms with E-state index in [1.807, 2.05) is 38.1 Å². The first-order chi connectivity index (χ1) is 10.1. The molecular formula is C16H21N3O2. The Hall–Kier alpha value is -2.30. The van der Waals surface area contributed by atoms with E-state index >= 15 is 0 Å². The molecule has 0 aliphatic carbocycles. The van der Waals surface area contributed by atoms with Crippen LogP contribution in [0, 0.1) is 0 Å². The Labute approximate surface area is 124 Å². The number of aromatic nitrogens is 2. The van der Waals surface area contributed by atoms with Crippen LogP contribution in [0.4, 0.5) is 11.6 Å². The first-order valence-corrected chi connectivity index (χ1v) is 7.21. The van der Waals surface area contributed by atoms with Crippen LogP contribution in [0.3, 0.4) is 0 Å². The average Bonchev–Trinajstić information content (AvgIpc) is 2.40. The highest BCUT2D eigenvalue weighted by atomic mass is 16.5. The van der Waals surface area contributed by atoms with Gasteiger partial charge in [-0.1, -0.05) is 25.5 Å². The molecule has 2 aromatic rings. The number of nitrogens with zero attached hydrogens (tertiary/aromatic N) is 1. The first kappa shape index (κ1) is 15.1. The predicted octanol–water partition coefficient (Wildman–Crippen LogP) is 3.25. The van der Waals surface area contributed by atoms with E-state index in [2.05, 4.69) is 22.2 Å². The van der Waals surface area contributed by atoms with Gasteiger partial charge < -0.3 is 10.1 Å². The smallest absolute Gasteiger partial charge is 0.252 e. The van der Waals surface area contributed by atoms with Crippen molar-refractivity contribution in [2.24, 2.45) is 0 Å². The first-order valence-electron chi connectivity index (χ1n) is 7.21. The molecule has 0 spiro atoms. The van der Waals surface area contributed by atoms with Gasteiger partial charge in [-0.3, -0.25) is 9.78 Å². The van der Waals surface area contributed by atoms with E-state index in [4.69, 9.17) is 4.74 Å². The lowest BCUT2D eigenvalue weighted by atomic mass is 10.2. The molecule has 21 heavy (non-hydrogen) atoms. The van der Waals surface area contributed by atoms with Gasteiger partial charge in [0.2, 0.25) is 5.95 Å². The van der Waals surface area contributed by atoms with Gasteiger partial charge in [0.1, 0.15) is 5.75 Å². The van der Waals surface area contributed by atoms with Gasteiger partial charge in [0.25, 0.3) is 5.56 Å². The van der Waals surface area contributed by atoms with Crippen LogP contribution in [0.2, 0.25) is 0 Å². The maximum Gasteiger partial charge on any atom is 0.252 e. The molecule has 112 valence electrons. The zero-order valence-corrected chi connectivity index (χ0v) is 12.6. The monoisotopic (exact) mass is 287 g/mol. The van der Waals surface area contributed by atoms with Crippen LogP contribution in [0.15, 0.2) is 35.1 Å². The van der Waals surface area contributed by atoms with E-state index in [0.29, 0.717) is 5.95 Å². The molecular weight excluding hydrogens is 266 g/mol. The van der Waals surface area contributed by atoms with Crippen molar-refractivity contribution in [3.63, 3.8) is 0 Å². The maximum absolute atomic E-state index is 11.7. The van der Waals surface area contributed by atoms with Crippen molar-refractivity contribution in [2.45, 2.75) is 39.7 Å². The molecule has 0 amide bonds. The number of anilines is 2. The van der Waals surface area contributed by atoms with Crippen molar-refractivity contribution in [1.82, 2.24) is 9.97 Å². The van der Waals surface area contributed by atoms with Gasteiger partial charge in [0, 0.05) is 11.8 Å². The summed E-state index contributed by atoms with van der Waals surface area (Å²) in [5, 5.41) is 3.13. The Bertz CT molecular complexity index is 650. The van der Waals surface area contributed by atoms with E-state index < -0.39 is 0 Å². The van der Waals surface area contributed by atoms with E-state index in [1.54, 1.807) is 0 Å². The van der Waals surface area contributed by atoms with Gasteiger partial charge in [0.15, 0.2) is 0 Å². The molecule has 0 aliphatic heterocycles. The molecule has 0 atom stereocenters. The molecule has 5 heteroatoms. The van der Waals surface area contributed by atoms with Crippen LogP contribution < -0.4 is 15.6 Å². The van der Waals surface area contributed by atoms with E-state index in [9.17, 15) is 4.79 Å². The minimum Gasteiger partial charge on any atom is -0.489 e. The Balaban J connectivity index is 2.27. The molecule has 0 radical (unpaired) electrons. The van der Waals surface area contributed by atoms with Crippen LogP contribution >= 0.6 is 0 Å². The quantitative estimate of drug-likeness (QED) is 0.855. The predicted molar refractivity (Wildman–Crippen MR) is 84.3 cm³/mol. The summed E-state index contributed by atoms with van der Waals surface area (Å²) in [6.07, 6.45) is 1.80. The number of aryl methyl sites for hydroxylation is 1. The maximum atomic E-state index is 11.7. The number of para-hydroxylation sites is 2. The largest absolute Gasteiger partial charge is 0.489 e. The fourth-order valence-corrected chi connectivity index (χ4v) is 2.01. The topological polar surface area (TPSA) is 67.0 Å². The highest BCUT2D eigenvalue weighted by molar-refractivity contribution is 5.62. The normalized spacial score (nSPS) is 10.7. The van der Waals surface area contributed by atoms with Gasteiger partial charge >= 0.3 is 0 Å². The van der Waals surface area contributed by atoms with Gasteiger partial charge in [-0.05, 0) is 32.4 Å². The second-order valence-corrected chi connectivity index (χ2v) is 5.12. The molecule has 0 unspecified atom stereocenters. The Morgan fingerprint density at radius 1 is 1.33 bits per heavy atom. The van der Waals surface area contributed by atoms with Crippen LogP contribution in [-0.4, -0.2) is 16.1 Å². The number of rotatable bonds is 6. The van der Waals surface area contributed by atoms with E-state index in [0.717, 1.165) is 30.0 Å². The minimum absolute atomic E-state index is 0.0754. The summed E-state index contributed by atoms with van der Waals surface area (Å²) in [6, 6.07) is 9.13. The molecule has 5 nitrogen and oxygen atoms in total. The third-order valence-corrected chi connectivity index (χ3v) is 2.80. The van der Waals surface area contributed by atoms with Gasteiger partial charge in [-0.2, -0.15) is 0 Å². The summed E-state index contributed by atoms with van der Waals surface area (Å²) in [7, 11) is 0. The summed E-state index contributed by atoms with van der Waals surface area (Å²) < 4.78 is 5.74. The van der Waals surface area contributed by atoms with Crippen LogP contribution in [-0.2, 0) is 6.42 Å². The molecule has 0 aliphatic rings. The van der Waals surface area contributed by atoms with Gasteiger partial charge in [-0.15, -0.1) is 0 Å². The summed E-state index contributed by atoms with van der Waals surface area (Å²) in [5.74, 6) is 1.17. The molecule has 0 saturated carbocycles. The molecule has 2 N–H and O–H groups in total. The fraction of sp³-hybridized carbons (Fsp3) is 0.375. The van der Waals surface area contributed by atoms with Crippen molar-refractivity contribution in [1.29, 1.82) is 0 Å². The van der Waals surface area contributed by atoms with E-state index in [-0.39, 0.29) is 11.7 Å². The SMILES string of the molecule is CCCc1cc(=O)[nH]c(Nc2ccccc2OC(C)C)n1. The van der Waals surface area contributed by atoms with Crippen molar-refractivity contribution in [3.05, 3.63) is 46.4 Å². The minimum atomic E-state index is -0.154. The summed E-state index contributed by atoms with van der Waals surface area (Å²) in [6.45, 7) is 6.00. The lowest BCUT2D eigenvalue weighted by molar-refractivity contribution is 0.244. The molecule has 1 aromatic carbocycles. The third-order valence-electron chi connectivity index (χ3n) is 2.80. The fourth-order valence-electron chi connectivity index (χ4n) is 2.01. The summed E-state index contributed by atoms with van der Waals surface area (Å²) >= 11 is 0. The molecule has 0 bridgehead atoms. The molecule has 0 fully saturated rings. The summed E-state index contributed by atoms with van der Waals surface area (Å²) in [5.41, 5.74) is 1.41. The average molecular weight is 287 g/mol. The number of nitrogens with one attached hydrogen (secondary N) is 2. The standard InChI is InChI=1S/C16H21N3O2/c1-4-7-12-10-15(20)19-16(17-12)18-13-8-5-6-9-14(13)21-11(2)3/h5-6,8-11H,4,7H2,1-3H3,(H2,17,18,19,20). The molecule has 2 rings (SSSR count). The number of aromatic amines is 1. The lowest BCUT2D eigenvalue weighted by Gasteiger charge is -2.15. The summed E-state index contributed by atoms with van der Waals surface area (Å²) in [4.78, 5) is 18.8. The van der Waals surface area contributed by atoms with Gasteiger partial charge in [-0.25, -0.2) is 4.98 Å². The highest BCUT2D eigenvalue weighted by Gasteiger charge is 2.07. The van der Waals surface area contributed by atoms with Crippen molar-refractivity contribution < 1.29 is 4.74 Å². The number of H-pyrrole nitrogens is 1. The van der Waals surface area contributed by atoms with Crippen LogP contribution in [0.25, 0.3) is 0 Å². The van der Waals surface area contributed by atoms with Crippen molar-refractivity contribution in [2.75, 3.05) is 5.32 Å². The lowest BCUT2D eigenvalue weighted by Crippen LogP contribution is -2.13. The number of hydrogen-bond donors (Lipinski definition) is 2. The Morgan fingerprint density at radius 3 is 2.81 bits per heavy atom. The Kier molecular flexibility index (Phi) is 4.98. The van der Waals surface area contributed by atoms with Crippen LogP contribution in [0.5, 0.6) is 5.75 Å². The zero-order valence-electron chi connectivity index (χ0n) is 12.6. The number of benzene rings is 1. The second kappa shape index (κ2) is 6.92.